The van der Waals surface area contributed by atoms with Crippen LogP contribution in [-0.2, 0) is 9.59 Å². The molecule has 3 rings (SSSR count). The lowest BCUT2D eigenvalue weighted by Crippen LogP contribution is -2.11. The third-order valence-corrected chi connectivity index (χ3v) is 4.78. The molecule has 0 saturated heterocycles. The van der Waals surface area contributed by atoms with Gasteiger partial charge in [-0.05, 0) is 67.3 Å². The fourth-order valence-electron chi connectivity index (χ4n) is 3.16. The minimum Gasteiger partial charge on any atom is -0.427 e. The highest BCUT2D eigenvalue weighted by Gasteiger charge is 2.20. The standard InChI is InChI=1S/C25H25NO5/c27-21-16-19(23(28)17-21)10-4-1-2-7-11-24(29)31-22-14-12-20(13-15-22)26-25(30)18-8-5-3-6-9-18/h1,3-6,8-9,12-16,21,27H,2,7,10-11,17H2,(H,26,30)/b4-1-. The van der Waals surface area contributed by atoms with Gasteiger partial charge in [0.25, 0.3) is 5.91 Å². The zero-order valence-corrected chi connectivity index (χ0v) is 17.1. The van der Waals surface area contributed by atoms with E-state index in [2.05, 4.69) is 5.32 Å². The lowest BCUT2D eigenvalue weighted by Gasteiger charge is -2.07. The number of carbonyl (C=O) groups excluding carboxylic acids is 3. The van der Waals surface area contributed by atoms with Crippen molar-refractivity contribution < 1.29 is 24.2 Å². The topological polar surface area (TPSA) is 92.7 Å². The van der Waals surface area contributed by atoms with Gasteiger partial charge < -0.3 is 15.2 Å². The smallest absolute Gasteiger partial charge is 0.311 e. The van der Waals surface area contributed by atoms with Gasteiger partial charge in [0.15, 0.2) is 5.78 Å². The zero-order valence-electron chi connectivity index (χ0n) is 17.1. The van der Waals surface area contributed by atoms with Gasteiger partial charge in [0.05, 0.1) is 6.10 Å². The lowest BCUT2D eigenvalue weighted by molar-refractivity contribution is -0.134. The van der Waals surface area contributed by atoms with Crippen LogP contribution in [0.1, 0.15) is 42.5 Å². The molecule has 0 aromatic heterocycles. The third kappa shape index (κ3) is 7.04. The van der Waals surface area contributed by atoms with Crippen LogP contribution in [0.3, 0.4) is 0 Å². The molecule has 1 aliphatic rings. The molecule has 6 heteroatoms. The first kappa shape index (κ1) is 22.2. The van der Waals surface area contributed by atoms with Gasteiger partial charge in [-0.2, -0.15) is 0 Å². The van der Waals surface area contributed by atoms with Crippen LogP contribution in [0.25, 0.3) is 0 Å². The van der Waals surface area contributed by atoms with E-state index in [-0.39, 0.29) is 30.5 Å². The number of ketones is 1. The predicted molar refractivity (Wildman–Crippen MR) is 118 cm³/mol. The van der Waals surface area contributed by atoms with Crippen LogP contribution in [0, 0.1) is 0 Å². The van der Waals surface area contributed by atoms with Gasteiger partial charge in [0.2, 0.25) is 0 Å². The molecule has 0 saturated carbocycles. The molecule has 2 N–H and O–H groups in total. The van der Waals surface area contributed by atoms with Gasteiger partial charge in [0, 0.05) is 24.1 Å². The third-order valence-electron chi connectivity index (χ3n) is 4.78. The average Bonchev–Trinajstić information content (AvgIpc) is 3.09. The van der Waals surface area contributed by atoms with Crippen LogP contribution >= 0.6 is 0 Å². The Bertz CT molecular complexity index is 977. The number of hydrogen-bond acceptors (Lipinski definition) is 5. The number of unbranched alkanes of at least 4 members (excludes halogenated alkanes) is 1. The Kier molecular flexibility index (Phi) is 7.90. The Labute approximate surface area is 181 Å². The fourth-order valence-corrected chi connectivity index (χ4v) is 3.16. The van der Waals surface area contributed by atoms with Gasteiger partial charge in [-0.1, -0.05) is 30.4 Å². The minimum absolute atomic E-state index is 0.00798. The van der Waals surface area contributed by atoms with Crippen molar-refractivity contribution in [3.8, 4) is 5.75 Å². The number of carbonyl (C=O) groups is 3. The number of aliphatic hydroxyl groups excluding tert-OH is 1. The molecule has 160 valence electrons. The Morgan fingerprint density at radius 2 is 1.81 bits per heavy atom. The molecule has 31 heavy (non-hydrogen) atoms. The van der Waals surface area contributed by atoms with Crippen LogP contribution in [0.4, 0.5) is 5.69 Å². The number of nitrogens with one attached hydrogen (secondary N) is 1. The minimum atomic E-state index is -0.653. The highest BCUT2D eigenvalue weighted by molar-refractivity contribution is 6.04. The number of allylic oxidation sites excluding steroid dienone is 3. The molecule has 2 aromatic rings. The van der Waals surface area contributed by atoms with E-state index in [4.69, 9.17) is 4.74 Å². The molecule has 1 aliphatic carbocycles. The highest BCUT2D eigenvalue weighted by Crippen LogP contribution is 2.19. The Hall–Kier alpha value is -3.51. The molecule has 6 nitrogen and oxygen atoms in total. The summed E-state index contributed by atoms with van der Waals surface area (Å²) in [6, 6.07) is 15.5. The molecule has 1 amide bonds. The quantitative estimate of drug-likeness (QED) is 0.275. The normalized spacial score (nSPS) is 15.7. The number of benzene rings is 2. The van der Waals surface area contributed by atoms with E-state index in [0.717, 1.165) is 0 Å². The second kappa shape index (κ2) is 11.0. The van der Waals surface area contributed by atoms with Gasteiger partial charge in [-0.15, -0.1) is 0 Å². The van der Waals surface area contributed by atoms with Gasteiger partial charge >= 0.3 is 5.97 Å². The molecule has 0 bridgehead atoms. The van der Waals surface area contributed by atoms with Gasteiger partial charge in [0.1, 0.15) is 5.75 Å². The summed E-state index contributed by atoms with van der Waals surface area (Å²) in [5.41, 5.74) is 1.82. The number of hydrogen-bond donors (Lipinski definition) is 2. The highest BCUT2D eigenvalue weighted by atomic mass is 16.5. The maximum atomic E-state index is 12.1. The number of ether oxygens (including phenoxy) is 1. The summed E-state index contributed by atoms with van der Waals surface area (Å²) in [5, 5.41) is 12.2. The van der Waals surface area contributed by atoms with Crippen molar-refractivity contribution in [1.29, 1.82) is 0 Å². The summed E-state index contributed by atoms with van der Waals surface area (Å²) in [7, 11) is 0. The summed E-state index contributed by atoms with van der Waals surface area (Å²) in [4.78, 5) is 35.7. The molecule has 0 radical (unpaired) electrons. The number of esters is 1. The molecule has 2 aromatic carbocycles. The lowest BCUT2D eigenvalue weighted by atomic mass is 10.1. The molecule has 1 unspecified atom stereocenters. The number of anilines is 1. The number of rotatable bonds is 9. The van der Waals surface area contributed by atoms with E-state index in [1.54, 1.807) is 54.6 Å². The van der Waals surface area contributed by atoms with Crippen LogP contribution in [0.15, 0.2) is 78.4 Å². The van der Waals surface area contributed by atoms with Crippen molar-refractivity contribution in [2.24, 2.45) is 0 Å². The Morgan fingerprint density at radius 3 is 2.48 bits per heavy atom. The molecule has 0 spiro atoms. The van der Waals surface area contributed by atoms with E-state index in [0.29, 0.717) is 41.8 Å². The van der Waals surface area contributed by atoms with Crippen molar-refractivity contribution in [3.63, 3.8) is 0 Å². The van der Waals surface area contributed by atoms with Crippen molar-refractivity contribution in [2.45, 2.75) is 38.2 Å². The maximum Gasteiger partial charge on any atom is 0.311 e. The first-order valence-electron chi connectivity index (χ1n) is 10.3. The Morgan fingerprint density at radius 1 is 1.06 bits per heavy atom. The van der Waals surface area contributed by atoms with Crippen molar-refractivity contribution in [3.05, 3.63) is 84.0 Å². The summed E-state index contributed by atoms with van der Waals surface area (Å²) in [5.74, 6) is -0.121. The van der Waals surface area contributed by atoms with Gasteiger partial charge in [-0.3, -0.25) is 14.4 Å². The maximum absolute atomic E-state index is 12.1. The second-order valence-corrected chi connectivity index (χ2v) is 7.27. The number of amides is 1. The molecule has 0 heterocycles. The summed E-state index contributed by atoms with van der Waals surface area (Å²) in [6.07, 6.45) is 7.05. The molecule has 0 fully saturated rings. The molecule has 0 aliphatic heterocycles. The Balaban J connectivity index is 1.36. The zero-order chi connectivity index (χ0) is 22.1. The van der Waals surface area contributed by atoms with E-state index < -0.39 is 6.10 Å². The van der Waals surface area contributed by atoms with Crippen molar-refractivity contribution >= 4 is 23.3 Å². The summed E-state index contributed by atoms with van der Waals surface area (Å²) in [6.45, 7) is 0. The van der Waals surface area contributed by atoms with E-state index in [9.17, 15) is 19.5 Å². The predicted octanol–water partition coefficient (Wildman–Crippen LogP) is 4.22. The largest absolute Gasteiger partial charge is 0.427 e. The van der Waals surface area contributed by atoms with Crippen LogP contribution in [0.2, 0.25) is 0 Å². The molecular formula is C25H25NO5. The summed E-state index contributed by atoms with van der Waals surface area (Å²) >= 11 is 0. The van der Waals surface area contributed by atoms with Crippen LogP contribution in [-0.4, -0.2) is 28.9 Å². The van der Waals surface area contributed by atoms with E-state index in [1.165, 1.54) is 0 Å². The van der Waals surface area contributed by atoms with Crippen molar-refractivity contribution in [1.82, 2.24) is 0 Å². The molecule has 1 atom stereocenters. The SMILES string of the molecule is O=C(CCC/C=C\CC1=CC(O)CC1=O)Oc1ccc(NC(=O)c2ccccc2)cc1. The summed E-state index contributed by atoms with van der Waals surface area (Å²) < 4.78 is 5.32. The average molecular weight is 419 g/mol. The second-order valence-electron chi connectivity index (χ2n) is 7.27. The number of aliphatic hydroxyl groups is 1. The fraction of sp³-hybridized carbons (Fsp3) is 0.240. The van der Waals surface area contributed by atoms with Crippen LogP contribution in [0.5, 0.6) is 5.75 Å². The first-order valence-corrected chi connectivity index (χ1v) is 10.3. The van der Waals surface area contributed by atoms with E-state index in [1.807, 2.05) is 18.2 Å². The van der Waals surface area contributed by atoms with Crippen LogP contribution < -0.4 is 10.1 Å². The van der Waals surface area contributed by atoms with Gasteiger partial charge in [-0.25, -0.2) is 0 Å². The monoisotopic (exact) mass is 419 g/mol. The van der Waals surface area contributed by atoms with E-state index >= 15 is 0 Å². The molecular weight excluding hydrogens is 394 g/mol. The van der Waals surface area contributed by atoms with Crippen molar-refractivity contribution in [2.75, 3.05) is 5.32 Å². The first-order chi connectivity index (χ1) is 15.0. The number of Topliss-reactive ketones (excluding diaryl/α,β-unsaturated/α-hetero) is 1.